The Balaban J connectivity index is 3.36. The van der Waals surface area contributed by atoms with Crippen LogP contribution in [0.5, 0.6) is 0 Å². The van der Waals surface area contributed by atoms with Crippen molar-refractivity contribution in [2.75, 3.05) is 6.26 Å². The summed E-state index contributed by atoms with van der Waals surface area (Å²) in [5.41, 5.74) is 0.00692. The molecule has 0 radical (unpaired) electrons. The van der Waals surface area contributed by atoms with Crippen LogP contribution in [0.1, 0.15) is 30.4 Å². The molecule has 6 heteroatoms. The monoisotopic (exact) mass is 296 g/mol. The third kappa shape index (κ3) is 2.67. The van der Waals surface area contributed by atoms with Crippen LogP contribution in [0.4, 0.5) is 8.78 Å². The fourth-order valence-electron chi connectivity index (χ4n) is 1.42. The molecule has 0 saturated heterocycles. The molecule has 0 aliphatic carbocycles. The van der Waals surface area contributed by atoms with Gasteiger partial charge in [-0.15, -0.1) is 11.6 Å². The molecule has 1 unspecified atom stereocenters. The molecule has 0 heterocycles. The Morgan fingerprint density at radius 1 is 1.22 bits per heavy atom. The van der Waals surface area contributed by atoms with Crippen LogP contribution in [0.3, 0.4) is 0 Å². The molecule has 1 rings (SSSR count). The summed E-state index contributed by atoms with van der Waals surface area (Å²) in [5.74, 6) is -1.31. The zero-order valence-corrected chi connectivity index (χ0v) is 12.2. The van der Waals surface area contributed by atoms with E-state index in [9.17, 15) is 17.2 Å². The second-order valence-corrected chi connectivity index (χ2v) is 7.89. The molecule has 0 fully saturated rings. The zero-order chi connectivity index (χ0) is 14.3. The van der Waals surface area contributed by atoms with E-state index in [1.54, 1.807) is 0 Å². The summed E-state index contributed by atoms with van der Waals surface area (Å²) < 4.78 is 49.1. The van der Waals surface area contributed by atoms with Crippen molar-refractivity contribution >= 4 is 21.4 Å². The van der Waals surface area contributed by atoms with Crippen molar-refractivity contribution in [1.82, 2.24) is 0 Å². The van der Waals surface area contributed by atoms with Gasteiger partial charge in [-0.25, -0.2) is 17.2 Å². The van der Waals surface area contributed by atoms with E-state index in [0.717, 1.165) is 18.4 Å². The molecule has 1 atom stereocenters. The van der Waals surface area contributed by atoms with Gasteiger partial charge in [0.15, 0.2) is 9.84 Å². The molecule has 0 saturated carbocycles. The van der Waals surface area contributed by atoms with Crippen molar-refractivity contribution in [3.05, 3.63) is 34.9 Å². The largest absolute Gasteiger partial charge is 0.229 e. The third-order valence-electron chi connectivity index (χ3n) is 3.12. The number of alkyl halides is 1. The molecule has 0 bridgehead atoms. The second-order valence-electron chi connectivity index (χ2n) is 4.86. The quantitative estimate of drug-likeness (QED) is 0.801. The molecule has 0 spiro atoms. The molecule has 0 aromatic heterocycles. The van der Waals surface area contributed by atoms with Gasteiger partial charge in [0.25, 0.3) is 0 Å². The lowest BCUT2D eigenvalue weighted by atomic mass is 9.99. The summed E-state index contributed by atoms with van der Waals surface area (Å²) in [6.45, 7) is 4.20. The summed E-state index contributed by atoms with van der Waals surface area (Å²) in [5, 5.41) is -1.16. The van der Waals surface area contributed by atoms with E-state index in [4.69, 9.17) is 11.6 Å². The van der Waals surface area contributed by atoms with Crippen LogP contribution in [0.25, 0.3) is 0 Å². The van der Waals surface area contributed by atoms with Gasteiger partial charge in [-0.05, 0) is 38.5 Å². The van der Waals surface area contributed by atoms with E-state index in [-0.39, 0.29) is 11.1 Å². The number of aryl methyl sites for hydroxylation is 1. The number of rotatable bonds is 3. The third-order valence-corrected chi connectivity index (χ3v) is 6.17. The lowest BCUT2D eigenvalue weighted by molar-refractivity contribution is 0.524. The summed E-state index contributed by atoms with van der Waals surface area (Å²) in [4.78, 5) is 0. The maximum absolute atomic E-state index is 13.8. The minimum absolute atomic E-state index is 0.143. The van der Waals surface area contributed by atoms with E-state index in [0.29, 0.717) is 0 Å². The highest BCUT2D eigenvalue weighted by Gasteiger charge is 2.40. The molecular weight excluding hydrogens is 282 g/mol. The number of hydrogen-bond acceptors (Lipinski definition) is 2. The van der Waals surface area contributed by atoms with E-state index in [2.05, 4.69) is 0 Å². The predicted octanol–water partition coefficient (Wildman–Crippen LogP) is 3.38. The highest BCUT2D eigenvalue weighted by Crippen LogP contribution is 2.39. The molecule has 18 heavy (non-hydrogen) atoms. The van der Waals surface area contributed by atoms with Crippen molar-refractivity contribution in [3.63, 3.8) is 0 Å². The van der Waals surface area contributed by atoms with Crippen molar-refractivity contribution in [3.8, 4) is 0 Å². The molecule has 102 valence electrons. The van der Waals surface area contributed by atoms with Crippen LogP contribution < -0.4 is 0 Å². The molecule has 1 aromatic carbocycles. The van der Waals surface area contributed by atoms with Crippen LogP contribution in [-0.4, -0.2) is 19.4 Å². The van der Waals surface area contributed by atoms with Gasteiger partial charge < -0.3 is 0 Å². The summed E-state index contributed by atoms with van der Waals surface area (Å²) in [6, 6.07) is 1.97. The van der Waals surface area contributed by atoms with Gasteiger partial charge >= 0.3 is 0 Å². The average molecular weight is 297 g/mol. The highest BCUT2D eigenvalue weighted by molar-refractivity contribution is 7.92. The molecule has 0 N–H and O–H groups in total. The highest BCUT2D eigenvalue weighted by atomic mass is 35.5. The number of halogens is 3. The van der Waals surface area contributed by atoms with E-state index < -0.39 is 31.6 Å². The van der Waals surface area contributed by atoms with Crippen molar-refractivity contribution in [2.45, 2.75) is 30.9 Å². The van der Waals surface area contributed by atoms with Gasteiger partial charge in [0, 0.05) is 11.8 Å². The van der Waals surface area contributed by atoms with E-state index in [1.165, 1.54) is 20.8 Å². The first-order valence-electron chi connectivity index (χ1n) is 5.27. The van der Waals surface area contributed by atoms with Crippen molar-refractivity contribution in [1.29, 1.82) is 0 Å². The van der Waals surface area contributed by atoms with Gasteiger partial charge in [-0.2, -0.15) is 0 Å². The lowest BCUT2D eigenvalue weighted by Gasteiger charge is -2.28. The normalized spacial score (nSPS) is 14.6. The predicted molar refractivity (Wildman–Crippen MR) is 68.6 cm³/mol. The fourth-order valence-corrected chi connectivity index (χ4v) is 2.57. The Morgan fingerprint density at radius 2 is 1.72 bits per heavy atom. The number of benzene rings is 1. The number of sulfone groups is 1. The molecule has 0 aliphatic heterocycles. The minimum atomic E-state index is -3.51. The van der Waals surface area contributed by atoms with Gasteiger partial charge in [-0.1, -0.05) is 0 Å². The minimum Gasteiger partial charge on any atom is -0.229 e. The van der Waals surface area contributed by atoms with Crippen molar-refractivity contribution in [2.24, 2.45) is 0 Å². The first-order valence-corrected chi connectivity index (χ1v) is 7.60. The Labute approximate surface area is 111 Å². The Hall–Kier alpha value is -0.680. The molecule has 0 aliphatic rings. The van der Waals surface area contributed by atoms with Gasteiger partial charge in [-0.3, -0.25) is 0 Å². The van der Waals surface area contributed by atoms with Crippen LogP contribution in [0, 0.1) is 18.6 Å². The smallest absolute Gasteiger partial charge is 0.154 e. The molecule has 1 aromatic rings. The van der Waals surface area contributed by atoms with E-state index >= 15 is 0 Å². The SMILES string of the molecule is Cc1cc(F)c(C(Cl)C(C)(C)S(C)(=O)=O)cc1F. The van der Waals surface area contributed by atoms with Gasteiger partial charge in [0.1, 0.15) is 11.6 Å². The molecule has 0 amide bonds. The zero-order valence-electron chi connectivity index (χ0n) is 10.6. The average Bonchev–Trinajstić information content (AvgIpc) is 2.20. The van der Waals surface area contributed by atoms with Gasteiger partial charge in [0.05, 0.1) is 10.1 Å². The van der Waals surface area contributed by atoms with Gasteiger partial charge in [0.2, 0.25) is 0 Å². The van der Waals surface area contributed by atoms with Crippen LogP contribution >= 0.6 is 11.6 Å². The lowest BCUT2D eigenvalue weighted by Crippen LogP contribution is -2.35. The molecule has 2 nitrogen and oxygen atoms in total. The summed E-state index contributed by atoms with van der Waals surface area (Å²) in [6.07, 6.45) is 1.02. The van der Waals surface area contributed by atoms with Crippen LogP contribution in [-0.2, 0) is 9.84 Å². The standard InChI is InChI=1S/C12H15ClF2O2S/c1-7-5-10(15)8(6-9(7)14)11(13)12(2,3)18(4,16)17/h5-6,11H,1-4H3. The second kappa shape index (κ2) is 4.78. The number of hydrogen-bond donors (Lipinski definition) is 0. The Morgan fingerprint density at radius 3 is 2.17 bits per heavy atom. The van der Waals surface area contributed by atoms with Crippen LogP contribution in [0.2, 0.25) is 0 Å². The van der Waals surface area contributed by atoms with E-state index in [1.807, 2.05) is 0 Å². The maximum atomic E-state index is 13.8. The first kappa shape index (κ1) is 15.4. The Kier molecular flexibility index (Phi) is 4.08. The first-order chi connectivity index (χ1) is 7.98. The van der Waals surface area contributed by atoms with Crippen molar-refractivity contribution < 1.29 is 17.2 Å². The summed E-state index contributed by atoms with van der Waals surface area (Å²) >= 11 is 6.03. The summed E-state index contributed by atoms with van der Waals surface area (Å²) in [7, 11) is -3.51. The molecular formula is C12H15ClF2O2S. The maximum Gasteiger partial charge on any atom is 0.154 e. The topological polar surface area (TPSA) is 34.1 Å². The Bertz CT molecular complexity index is 568. The van der Waals surface area contributed by atoms with Crippen LogP contribution in [0.15, 0.2) is 12.1 Å². The fraction of sp³-hybridized carbons (Fsp3) is 0.500.